The number of rotatable bonds is 3. The molecule has 1 saturated heterocycles. The van der Waals surface area contributed by atoms with Crippen molar-refractivity contribution in [2.75, 3.05) is 20.2 Å². The van der Waals surface area contributed by atoms with E-state index < -0.39 is 0 Å². The first kappa shape index (κ1) is 13.6. The van der Waals surface area contributed by atoms with Crippen molar-refractivity contribution in [3.8, 4) is 6.07 Å². The number of nitriles is 1. The molecule has 1 heterocycles. The van der Waals surface area contributed by atoms with Crippen LogP contribution in [-0.2, 0) is 11.3 Å². The summed E-state index contributed by atoms with van der Waals surface area (Å²) in [6.07, 6.45) is 5.60. The maximum Gasteiger partial charge on any atom is 0.0991 e. The van der Waals surface area contributed by atoms with Crippen LogP contribution in [0.1, 0.15) is 36.8 Å². The van der Waals surface area contributed by atoms with Crippen LogP contribution in [0.25, 0.3) is 0 Å². The summed E-state index contributed by atoms with van der Waals surface area (Å²) in [5, 5.41) is 8.95. The molecule has 3 rings (SSSR count). The predicted molar refractivity (Wildman–Crippen MR) is 78.1 cm³/mol. The smallest absolute Gasteiger partial charge is 0.0991 e. The summed E-state index contributed by atoms with van der Waals surface area (Å²) >= 11 is 0. The zero-order chi connectivity index (χ0) is 14.0. The van der Waals surface area contributed by atoms with Crippen LogP contribution in [-0.4, -0.2) is 31.2 Å². The summed E-state index contributed by atoms with van der Waals surface area (Å²) in [6, 6.07) is 10.2. The molecule has 1 spiro atoms. The zero-order valence-electron chi connectivity index (χ0n) is 12.1. The molecule has 0 amide bonds. The molecule has 2 fully saturated rings. The molecule has 1 aromatic rings. The number of hydrogen-bond donors (Lipinski definition) is 0. The topological polar surface area (TPSA) is 36.3 Å². The maximum atomic E-state index is 8.95. The van der Waals surface area contributed by atoms with Gasteiger partial charge in [0.2, 0.25) is 0 Å². The minimum atomic E-state index is 0.508. The third-order valence-electron chi connectivity index (χ3n) is 5.03. The average molecular weight is 270 g/mol. The van der Waals surface area contributed by atoms with Crippen molar-refractivity contribution in [3.05, 3.63) is 35.4 Å². The third-order valence-corrected chi connectivity index (χ3v) is 5.03. The highest BCUT2D eigenvalue weighted by atomic mass is 16.5. The minimum Gasteiger partial charge on any atom is -0.381 e. The molecule has 0 N–H and O–H groups in total. The van der Waals surface area contributed by atoms with E-state index in [-0.39, 0.29) is 0 Å². The van der Waals surface area contributed by atoms with Gasteiger partial charge < -0.3 is 4.74 Å². The van der Waals surface area contributed by atoms with Crippen LogP contribution in [0.4, 0.5) is 0 Å². The normalized spacial score (nSPS) is 22.4. The second kappa shape index (κ2) is 5.55. The SMILES string of the molecule is COC1CC2(CCN(Cc3cccc(C#N)c3)CC2)C1. The molecule has 0 bridgehead atoms. The van der Waals surface area contributed by atoms with Crippen LogP contribution in [0.3, 0.4) is 0 Å². The highest BCUT2D eigenvalue weighted by molar-refractivity contribution is 5.32. The lowest BCUT2D eigenvalue weighted by molar-refractivity contribution is -0.0885. The van der Waals surface area contributed by atoms with Crippen molar-refractivity contribution in [3.63, 3.8) is 0 Å². The second-order valence-electron chi connectivity index (χ2n) is 6.35. The highest BCUT2D eigenvalue weighted by Crippen LogP contribution is 2.50. The second-order valence-corrected chi connectivity index (χ2v) is 6.35. The average Bonchev–Trinajstić information content (AvgIpc) is 2.46. The Bertz CT molecular complexity index is 504. The summed E-state index contributed by atoms with van der Waals surface area (Å²) in [7, 11) is 1.83. The molecule has 0 unspecified atom stereocenters. The van der Waals surface area contributed by atoms with Crippen molar-refractivity contribution in [2.24, 2.45) is 5.41 Å². The van der Waals surface area contributed by atoms with E-state index in [4.69, 9.17) is 10.00 Å². The number of methoxy groups -OCH3 is 1. The highest BCUT2D eigenvalue weighted by Gasteiger charge is 2.45. The van der Waals surface area contributed by atoms with Crippen LogP contribution in [0.15, 0.2) is 24.3 Å². The number of likely N-dealkylation sites (tertiary alicyclic amines) is 1. The molecule has 0 aromatic heterocycles. The van der Waals surface area contributed by atoms with Crippen molar-refractivity contribution < 1.29 is 4.74 Å². The Hall–Kier alpha value is -1.37. The molecule has 3 heteroatoms. The van der Waals surface area contributed by atoms with Gasteiger partial charge in [-0.15, -0.1) is 0 Å². The largest absolute Gasteiger partial charge is 0.381 e. The Morgan fingerprint density at radius 1 is 1.35 bits per heavy atom. The van der Waals surface area contributed by atoms with Gasteiger partial charge in [-0.05, 0) is 61.9 Å². The standard InChI is InChI=1S/C17H22N2O/c1-20-16-10-17(11-16)5-7-19(8-6-17)13-15-4-2-3-14(9-15)12-18/h2-4,9,16H,5-8,10-11,13H2,1H3. The molecule has 0 atom stereocenters. The Balaban J connectivity index is 1.53. The van der Waals surface area contributed by atoms with E-state index in [2.05, 4.69) is 17.0 Å². The van der Waals surface area contributed by atoms with Gasteiger partial charge in [-0.25, -0.2) is 0 Å². The Morgan fingerprint density at radius 3 is 2.75 bits per heavy atom. The van der Waals surface area contributed by atoms with E-state index in [1.165, 1.54) is 44.3 Å². The molecule has 1 aliphatic heterocycles. The summed E-state index contributed by atoms with van der Waals surface area (Å²) < 4.78 is 5.42. The Labute approximate surface area is 121 Å². The molecular weight excluding hydrogens is 248 g/mol. The molecule has 106 valence electrons. The minimum absolute atomic E-state index is 0.508. The molecular formula is C17H22N2O. The number of hydrogen-bond acceptors (Lipinski definition) is 3. The van der Waals surface area contributed by atoms with Gasteiger partial charge in [-0.1, -0.05) is 12.1 Å². The van der Waals surface area contributed by atoms with Crippen molar-refractivity contribution in [1.29, 1.82) is 5.26 Å². The van der Waals surface area contributed by atoms with E-state index in [1.807, 2.05) is 25.3 Å². The Morgan fingerprint density at radius 2 is 2.10 bits per heavy atom. The van der Waals surface area contributed by atoms with E-state index in [1.54, 1.807) is 0 Å². The molecule has 1 aromatic carbocycles. The first-order valence-electron chi connectivity index (χ1n) is 7.47. The number of nitrogens with zero attached hydrogens (tertiary/aromatic N) is 2. The fourth-order valence-electron chi connectivity index (χ4n) is 3.66. The molecule has 1 saturated carbocycles. The van der Waals surface area contributed by atoms with Crippen LogP contribution in [0.2, 0.25) is 0 Å². The summed E-state index contributed by atoms with van der Waals surface area (Å²) in [5.74, 6) is 0. The fraction of sp³-hybridized carbons (Fsp3) is 0.588. The Kier molecular flexibility index (Phi) is 3.78. The predicted octanol–water partition coefficient (Wildman–Crippen LogP) is 2.95. The number of benzene rings is 1. The van der Waals surface area contributed by atoms with Gasteiger partial charge >= 0.3 is 0 Å². The van der Waals surface area contributed by atoms with Gasteiger partial charge in [0.05, 0.1) is 17.7 Å². The third kappa shape index (κ3) is 2.72. The van der Waals surface area contributed by atoms with Crippen LogP contribution < -0.4 is 0 Å². The summed E-state index contributed by atoms with van der Waals surface area (Å²) in [5.41, 5.74) is 2.59. The molecule has 3 nitrogen and oxygen atoms in total. The van der Waals surface area contributed by atoms with Gasteiger partial charge in [0.1, 0.15) is 0 Å². The fourth-order valence-corrected chi connectivity index (χ4v) is 3.66. The van der Waals surface area contributed by atoms with Crippen molar-refractivity contribution in [2.45, 2.75) is 38.3 Å². The van der Waals surface area contributed by atoms with Crippen LogP contribution in [0.5, 0.6) is 0 Å². The molecule has 20 heavy (non-hydrogen) atoms. The van der Waals surface area contributed by atoms with Gasteiger partial charge in [0.15, 0.2) is 0 Å². The summed E-state index contributed by atoms with van der Waals surface area (Å²) in [6.45, 7) is 3.32. The van der Waals surface area contributed by atoms with E-state index >= 15 is 0 Å². The first-order valence-corrected chi connectivity index (χ1v) is 7.47. The zero-order valence-corrected chi connectivity index (χ0v) is 12.1. The molecule has 2 aliphatic rings. The van der Waals surface area contributed by atoms with Gasteiger partial charge in [-0.3, -0.25) is 4.90 Å². The van der Waals surface area contributed by atoms with Crippen molar-refractivity contribution >= 4 is 0 Å². The maximum absolute atomic E-state index is 8.95. The van der Waals surface area contributed by atoms with Crippen LogP contribution >= 0.6 is 0 Å². The quantitative estimate of drug-likeness (QED) is 0.847. The van der Waals surface area contributed by atoms with Gasteiger partial charge in [0, 0.05) is 13.7 Å². The first-order chi connectivity index (χ1) is 9.73. The van der Waals surface area contributed by atoms with Crippen LogP contribution in [0, 0.1) is 16.7 Å². The monoisotopic (exact) mass is 270 g/mol. The lowest BCUT2D eigenvalue weighted by Gasteiger charge is -2.51. The molecule has 0 radical (unpaired) electrons. The van der Waals surface area contributed by atoms with Gasteiger partial charge in [-0.2, -0.15) is 5.26 Å². The van der Waals surface area contributed by atoms with Crippen molar-refractivity contribution in [1.82, 2.24) is 4.90 Å². The van der Waals surface area contributed by atoms with E-state index in [9.17, 15) is 0 Å². The van der Waals surface area contributed by atoms with E-state index in [0.29, 0.717) is 11.5 Å². The number of ether oxygens (including phenoxy) is 1. The summed E-state index contributed by atoms with van der Waals surface area (Å²) in [4.78, 5) is 2.52. The lowest BCUT2D eigenvalue weighted by Crippen LogP contribution is -2.49. The van der Waals surface area contributed by atoms with Gasteiger partial charge in [0.25, 0.3) is 0 Å². The number of piperidine rings is 1. The van der Waals surface area contributed by atoms with E-state index in [0.717, 1.165) is 12.1 Å². The lowest BCUT2D eigenvalue weighted by atomic mass is 9.61. The molecule has 1 aliphatic carbocycles.